The molecule has 2 aromatic rings. The van der Waals surface area contributed by atoms with E-state index in [0.29, 0.717) is 0 Å². The van der Waals surface area contributed by atoms with E-state index in [-0.39, 0.29) is 17.3 Å². The summed E-state index contributed by atoms with van der Waals surface area (Å²) in [4.78, 5) is 36.0. The molecular formula is C12H9ClFN3O3. The van der Waals surface area contributed by atoms with Gasteiger partial charge in [-0.05, 0) is 18.2 Å². The van der Waals surface area contributed by atoms with Crippen molar-refractivity contribution in [1.82, 2.24) is 9.55 Å². The van der Waals surface area contributed by atoms with Gasteiger partial charge in [0.15, 0.2) is 0 Å². The van der Waals surface area contributed by atoms with Gasteiger partial charge in [0.05, 0.1) is 10.7 Å². The molecule has 0 saturated carbocycles. The minimum absolute atomic E-state index is 0.0483. The highest BCUT2D eigenvalue weighted by molar-refractivity contribution is 6.33. The Kier molecular flexibility index (Phi) is 3.99. The zero-order valence-electron chi connectivity index (χ0n) is 10.0. The Morgan fingerprint density at radius 1 is 1.35 bits per heavy atom. The number of nitrogens with zero attached hydrogens (tertiary/aromatic N) is 1. The lowest BCUT2D eigenvalue weighted by molar-refractivity contribution is -0.116. The summed E-state index contributed by atoms with van der Waals surface area (Å²) < 4.78 is 13.9. The first-order chi connectivity index (χ1) is 9.45. The lowest BCUT2D eigenvalue weighted by atomic mass is 10.3. The first-order valence-corrected chi connectivity index (χ1v) is 5.88. The molecule has 0 aliphatic rings. The molecule has 1 amide bonds. The average molecular weight is 298 g/mol. The minimum Gasteiger partial charge on any atom is -0.323 e. The Morgan fingerprint density at radius 3 is 2.75 bits per heavy atom. The first kappa shape index (κ1) is 14.0. The number of nitrogens with one attached hydrogen (secondary N) is 2. The molecule has 0 saturated heterocycles. The molecule has 0 aliphatic carbocycles. The van der Waals surface area contributed by atoms with Crippen LogP contribution < -0.4 is 16.6 Å². The van der Waals surface area contributed by atoms with Crippen molar-refractivity contribution in [3.05, 3.63) is 62.1 Å². The summed E-state index contributed by atoms with van der Waals surface area (Å²) in [5, 5.41) is 2.49. The van der Waals surface area contributed by atoms with Gasteiger partial charge in [0.2, 0.25) is 5.91 Å². The van der Waals surface area contributed by atoms with Crippen molar-refractivity contribution < 1.29 is 9.18 Å². The van der Waals surface area contributed by atoms with Gasteiger partial charge in [0.25, 0.3) is 5.56 Å². The molecule has 8 heteroatoms. The second kappa shape index (κ2) is 5.70. The molecule has 0 aliphatic heterocycles. The number of carbonyl (C=O) groups is 1. The van der Waals surface area contributed by atoms with E-state index in [1.54, 1.807) is 0 Å². The highest BCUT2D eigenvalue weighted by atomic mass is 35.5. The molecule has 2 rings (SSSR count). The zero-order valence-corrected chi connectivity index (χ0v) is 10.8. The maximum Gasteiger partial charge on any atom is 0.328 e. The predicted molar refractivity (Wildman–Crippen MR) is 71.4 cm³/mol. The number of anilines is 1. The van der Waals surface area contributed by atoms with Crippen LogP contribution in [0.15, 0.2) is 40.1 Å². The summed E-state index contributed by atoms with van der Waals surface area (Å²) in [6.45, 7) is -0.302. The van der Waals surface area contributed by atoms with Gasteiger partial charge in [0, 0.05) is 12.3 Å². The second-order valence-electron chi connectivity index (χ2n) is 3.91. The van der Waals surface area contributed by atoms with E-state index in [9.17, 15) is 18.8 Å². The third-order valence-electron chi connectivity index (χ3n) is 2.42. The summed E-state index contributed by atoms with van der Waals surface area (Å²) in [7, 11) is 0. The smallest absolute Gasteiger partial charge is 0.323 e. The third kappa shape index (κ3) is 3.33. The van der Waals surface area contributed by atoms with Crippen LogP contribution in [0, 0.1) is 5.82 Å². The highest BCUT2D eigenvalue weighted by Crippen LogP contribution is 2.22. The van der Waals surface area contributed by atoms with Gasteiger partial charge < -0.3 is 5.32 Å². The number of halogens is 2. The van der Waals surface area contributed by atoms with Crippen LogP contribution in [0.3, 0.4) is 0 Å². The number of hydrogen-bond acceptors (Lipinski definition) is 3. The molecule has 0 atom stereocenters. The number of rotatable bonds is 3. The van der Waals surface area contributed by atoms with Gasteiger partial charge in [-0.2, -0.15) is 0 Å². The van der Waals surface area contributed by atoms with Gasteiger partial charge in [0.1, 0.15) is 12.4 Å². The standard InChI is InChI=1S/C12H9ClFN3O3/c13-8-5-7(14)1-2-9(8)15-11(19)6-17-4-3-10(18)16-12(17)20/h1-5H,6H2,(H,15,19)(H,16,18,20). The van der Waals surface area contributed by atoms with Crippen LogP contribution >= 0.6 is 11.6 Å². The molecule has 104 valence electrons. The van der Waals surface area contributed by atoms with E-state index in [2.05, 4.69) is 5.32 Å². The van der Waals surface area contributed by atoms with Gasteiger partial charge in [-0.25, -0.2) is 9.18 Å². The summed E-state index contributed by atoms with van der Waals surface area (Å²) in [6, 6.07) is 4.64. The summed E-state index contributed by atoms with van der Waals surface area (Å²) >= 11 is 5.76. The molecule has 0 bridgehead atoms. The average Bonchev–Trinajstić information content (AvgIpc) is 2.36. The Morgan fingerprint density at radius 2 is 2.10 bits per heavy atom. The van der Waals surface area contributed by atoms with Crippen molar-refractivity contribution in [3.8, 4) is 0 Å². The Hall–Kier alpha value is -2.41. The van der Waals surface area contributed by atoms with Crippen molar-refractivity contribution in [3.63, 3.8) is 0 Å². The van der Waals surface area contributed by atoms with Gasteiger partial charge in [-0.3, -0.25) is 19.1 Å². The van der Waals surface area contributed by atoms with Crippen LogP contribution in [-0.2, 0) is 11.3 Å². The maximum absolute atomic E-state index is 12.8. The van der Waals surface area contributed by atoms with Gasteiger partial charge >= 0.3 is 5.69 Å². The van der Waals surface area contributed by atoms with E-state index in [0.717, 1.165) is 22.8 Å². The molecule has 0 spiro atoms. The molecule has 1 aromatic heterocycles. The van der Waals surface area contributed by atoms with Crippen molar-refractivity contribution in [2.75, 3.05) is 5.32 Å². The van der Waals surface area contributed by atoms with Crippen LogP contribution in [0.25, 0.3) is 0 Å². The normalized spacial score (nSPS) is 10.3. The molecular weight excluding hydrogens is 289 g/mol. The largest absolute Gasteiger partial charge is 0.328 e. The number of H-pyrrole nitrogens is 1. The molecule has 20 heavy (non-hydrogen) atoms. The fourth-order valence-electron chi connectivity index (χ4n) is 1.50. The van der Waals surface area contributed by atoms with Crippen molar-refractivity contribution in [2.24, 2.45) is 0 Å². The number of benzene rings is 1. The minimum atomic E-state index is -0.696. The number of aromatic amines is 1. The van der Waals surface area contributed by atoms with Crippen LogP contribution in [0.5, 0.6) is 0 Å². The summed E-state index contributed by atoms with van der Waals surface area (Å²) in [5.74, 6) is -1.06. The number of aromatic nitrogens is 2. The van der Waals surface area contributed by atoms with E-state index >= 15 is 0 Å². The fourth-order valence-corrected chi connectivity index (χ4v) is 1.72. The van der Waals surface area contributed by atoms with E-state index in [4.69, 9.17) is 11.6 Å². The Bertz CT molecular complexity index is 769. The molecule has 0 radical (unpaired) electrons. The number of hydrogen-bond donors (Lipinski definition) is 2. The Balaban J connectivity index is 2.13. The van der Waals surface area contributed by atoms with E-state index in [1.807, 2.05) is 4.98 Å². The maximum atomic E-state index is 12.8. The third-order valence-corrected chi connectivity index (χ3v) is 2.73. The van der Waals surface area contributed by atoms with Crippen LogP contribution in [-0.4, -0.2) is 15.5 Å². The predicted octanol–water partition coefficient (Wildman–Crippen LogP) is 0.968. The van der Waals surface area contributed by atoms with Gasteiger partial charge in [-0.15, -0.1) is 0 Å². The highest BCUT2D eigenvalue weighted by Gasteiger charge is 2.08. The van der Waals surface area contributed by atoms with Crippen LogP contribution in [0.4, 0.5) is 10.1 Å². The van der Waals surface area contributed by atoms with Crippen LogP contribution in [0.1, 0.15) is 0 Å². The van der Waals surface area contributed by atoms with Crippen molar-refractivity contribution in [1.29, 1.82) is 0 Å². The van der Waals surface area contributed by atoms with E-state index < -0.39 is 23.0 Å². The monoisotopic (exact) mass is 297 g/mol. The molecule has 0 unspecified atom stereocenters. The fraction of sp³-hybridized carbons (Fsp3) is 0.0833. The first-order valence-electron chi connectivity index (χ1n) is 5.50. The topological polar surface area (TPSA) is 84.0 Å². The summed E-state index contributed by atoms with van der Waals surface area (Å²) in [6.07, 6.45) is 1.20. The quantitative estimate of drug-likeness (QED) is 0.885. The van der Waals surface area contributed by atoms with Gasteiger partial charge in [-0.1, -0.05) is 11.6 Å². The van der Waals surface area contributed by atoms with E-state index in [1.165, 1.54) is 12.3 Å². The zero-order chi connectivity index (χ0) is 14.7. The Labute approximate surface area is 116 Å². The lowest BCUT2D eigenvalue weighted by Gasteiger charge is -2.08. The molecule has 6 nitrogen and oxygen atoms in total. The molecule has 1 heterocycles. The SMILES string of the molecule is O=C(Cn1ccc(=O)[nH]c1=O)Nc1ccc(F)cc1Cl. The molecule has 2 N–H and O–H groups in total. The number of carbonyl (C=O) groups excluding carboxylic acids is 1. The van der Waals surface area contributed by atoms with Crippen LogP contribution in [0.2, 0.25) is 5.02 Å². The lowest BCUT2D eigenvalue weighted by Crippen LogP contribution is -2.32. The van der Waals surface area contributed by atoms with Crippen molar-refractivity contribution >= 4 is 23.2 Å². The summed E-state index contributed by atoms with van der Waals surface area (Å²) in [5.41, 5.74) is -1.01. The second-order valence-corrected chi connectivity index (χ2v) is 4.32. The molecule has 0 fully saturated rings. The number of amides is 1. The molecule has 1 aromatic carbocycles. The van der Waals surface area contributed by atoms with Crippen molar-refractivity contribution in [2.45, 2.75) is 6.54 Å².